The van der Waals surface area contributed by atoms with Crippen LogP contribution in [-0.2, 0) is 13.0 Å². The molecule has 21 heavy (non-hydrogen) atoms. The number of hydrogen-bond donors (Lipinski definition) is 1. The summed E-state index contributed by atoms with van der Waals surface area (Å²) in [4.78, 5) is 11.6. The second-order valence-electron chi connectivity index (χ2n) is 6.76. The highest BCUT2D eigenvalue weighted by Crippen LogP contribution is 2.31. The lowest BCUT2D eigenvalue weighted by Gasteiger charge is -2.31. The summed E-state index contributed by atoms with van der Waals surface area (Å²) in [6.45, 7) is 14.9. The molecule has 1 N–H and O–H groups in total. The summed E-state index contributed by atoms with van der Waals surface area (Å²) in [7, 11) is 0. The number of nitrogens with one attached hydrogen (secondary N) is 1. The van der Waals surface area contributed by atoms with Gasteiger partial charge in [0, 0.05) is 57.1 Å². The molecule has 1 aromatic rings. The van der Waals surface area contributed by atoms with Gasteiger partial charge in [0.1, 0.15) is 5.01 Å². The summed E-state index contributed by atoms with van der Waals surface area (Å²) in [6.07, 6.45) is 1.13. The fourth-order valence-electron chi connectivity index (χ4n) is 3.34. The van der Waals surface area contributed by atoms with Crippen LogP contribution in [0.4, 0.5) is 0 Å². The fourth-order valence-corrected chi connectivity index (χ4v) is 4.59. The van der Waals surface area contributed by atoms with E-state index in [1.165, 1.54) is 28.7 Å². The molecule has 0 radical (unpaired) electrons. The Morgan fingerprint density at radius 3 is 2.67 bits per heavy atom. The van der Waals surface area contributed by atoms with Crippen LogP contribution < -0.4 is 5.32 Å². The Morgan fingerprint density at radius 2 is 1.95 bits per heavy atom. The van der Waals surface area contributed by atoms with E-state index in [4.69, 9.17) is 4.98 Å². The van der Waals surface area contributed by atoms with Crippen LogP contribution in [0.5, 0.6) is 0 Å². The lowest BCUT2D eigenvalue weighted by molar-refractivity contribution is 0.185. The van der Waals surface area contributed by atoms with Crippen LogP contribution in [-0.4, -0.2) is 54.1 Å². The van der Waals surface area contributed by atoms with Gasteiger partial charge in [-0.05, 0) is 12.8 Å². The van der Waals surface area contributed by atoms with E-state index >= 15 is 0 Å². The first-order valence-electron chi connectivity index (χ1n) is 8.29. The molecule has 0 amide bonds. The molecule has 1 unspecified atom stereocenters. The third-order valence-corrected chi connectivity index (χ3v) is 5.76. The van der Waals surface area contributed by atoms with Gasteiger partial charge in [-0.25, -0.2) is 4.98 Å². The molecule has 2 aliphatic heterocycles. The van der Waals surface area contributed by atoms with Crippen LogP contribution in [0.15, 0.2) is 0 Å². The average Bonchev–Trinajstić information content (AvgIpc) is 2.90. The topological polar surface area (TPSA) is 31.4 Å². The molecular weight excluding hydrogens is 280 g/mol. The zero-order valence-corrected chi connectivity index (χ0v) is 14.4. The molecule has 1 saturated heterocycles. The summed E-state index contributed by atoms with van der Waals surface area (Å²) in [5, 5.41) is 4.76. The summed E-state index contributed by atoms with van der Waals surface area (Å²) in [6, 6.07) is 0.473. The highest BCUT2D eigenvalue weighted by Gasteiger charge is 2.25. The van der Waals surface area contributed by atoms with E-state index in [0.29, 0.717) is 6.04 Å². The van der Waals surface area contributed by atoms with Gasteiger partial charge in [0.05, 0.1) is 11.7 Å². The van der Waals surface area contributed by atoms with E-state index in [1.54, 1.807) is 0 Å². The molecule has 0 bridgehead atoms. The molecule has 2 aliphatic rings. The standard InChI is InChI=1S/C16H28N4S/c1-12(2)10-19-7-4-14-15(11-19)21-16(18-14)13(3)20-8-5-17-6-9-20/h12-13,17H,4-11H2,1-3H3. The second-order valence-corrected chi connectivity index (χ2v) is 7.88. The number of piperazine rings is 1. The van der Waals surface area contributed by atoms with Crippen molar-refractivity contribution in [3.05, 3.63) is 15.6 Å². The fraction of sp³-hybridized carbons (Fsp3) is 0.812. The van der Waals surface area contributed by atoms with Gasteiger partial charge >= 0.3 is 0 Å². The maximum atomic E-state index is 4.97. The van der Waals surface area contributed by atoms with Crippen LogP contribution in [0.25, 0.3) is 0 Å². The molecule has 1 atom stereocenters. The largest absolute Gasteiger partial charge is 0.314 e. The first kappa shape index (κ1) is 15.4. The van der Waals surface area contributed by atoms with Crippen molar-refractivity contribution in [3.8, 4) is 0 Å². The summed E-state index contributed by atoms with van der Waals surface area (Å²) in [5.41, 5.74) is 1.37. The van der Waals surface area contributed by atoms with Crippen LogP contribution in [0, 0.1) is 5.92 Å². The van der Waals surface area contributed by atoms with E-state index < -0.39 is 0 Å². The summed E-state index contributed by atoms with van der Waals surface area (Å²) in [5.74, 6) is 0.749. The molecular formula is C16H28N4S. The van der Waals surface area contributed by atoms with E-state index in [9.17, 15) is 0 Å². The van der Waals surface area contributed by atoms with Crippen molar-refractivity contribution in [1.82, 2.24) is 20.1 Å². The zero-order chi connectivity index (χ0) is 14.8. The number of rotatable bonds is 4. The van der Waals surface area contributed by atoms with Crippen molar-refractivity contribution in [2.75, 3.05) is 39.3 Å². The Morgan fingerprint density at radius 1 is 1.19 bits per heavy atom. The number of thiazole rings is 1. The minimum Gasteiger partial charge on any atom is -0.314 e. The summed E-state index contributed by atoms with van der Waals surface area (Å²) < 4.78 is 0. The van der Waals surface area contributed by atoms with Crippen LogP contribution in [0.3, 0.4) is 0 Å². The molecule has 1 fully saturated rings. The normalized spacial score (nSPS) is 22.5. The minimum absolute atomic E-state index is 0.473. The van der Waals surface area contributed by atoms with Gasteiger partial charge in [-0.15, -0.1) is 11.3 Å². The van der Waals surface area contributed by atoms with Gasteiger partial charge in [-0.2, -0.15) is 0 Å². The highest BCUT2D eigenvalue weighted by molar-refractivity contribution is 7.11. The Labute approximate surface area is 132 Å². The molecule has 0 aromatic carbocycles. The van der Waals surface area contributed by atoms with E-state index in [0.717, 1.165) is 45.1 Å². The van der Waals surface area contributed by atoms with Crippen molar-refractivity contribution in [2.24, 2.45) is 5.92 Å². The maximum Gasteiger partial charge on any atom is 0.110 e. The van der Waals surface area contributed by atoms with Crippen molar-refractivity contribution >= 4 is 11.3 Å². The van der Waals surface area contributed by atoms with Crippen molar-refractivity contribution < 1.29 is 0 Å². The third kappa shape index (κ3) is 3.65. The Bertz CT molecular complexity index is 465. The molecule has 5 heteroatoms. The van der Waals surface area contributed by atoms with Gasteiger partial charge in [-0.3, -0.25) is 9.80 Å². The molecule has 3 heterocycles. The monoisotopic (exact) mass is 308 g/mol. The van der Waals surface area contributed by atoms with Gasteiger partial charge < -0.3 is 5.32 Å². The first-order chi connectivity index (χ1) is 10.1. The molecule has 3 rings (SSSR count). The van der Waals surface area contributed by atoms with Crippen LogP contribution in [0.2, 0.25) is 0 Å². The summed E-state index contributed by atoms with van der Waals surface area (Å²) >= 11 is 1.95. The van der Waals surface area contributed by atoms with Gasteiger partial charge in [0.2, 0.25) is 0 Å². The smallest absolute Gasteiger partial charge is 0.110 e. The predicted octanol–water partition coefficient (Wildman–Crippen LogP) is 2.12. The van der Waals surface area contributed by atoms with E-state index in [2.05, 4.69) is 35.9 Å². The van der Waals surface area contributed by atoms with Gasteiger partial charge in [-0.1, -0.05) is 13.8 Å². The van der Waals surface area contributed by atoms with Crippen molar-refractivity contribution in [1.29, 1.82) is 0 Å². The minimum atomic E-state index is 0.473. The lowest BCUT2D eigenvalue weighted by atomic mass is 10.1. The van der Waals surface area contributed by atoms with Gasteiger partial charge in [0.25, 0.3) is 0 Å². The Hall–Kier alpha value is -0.490. The molecule has 118 valence electrons. The van der Waals surface area contributed by atoms with Crippen LogP contribution in [0.1, 0.15) is 42.4 Å². The Balaban J connectivity index is 1.68. The highest BCUT2D eigenvalue weighted by atomic mass is 32.1. The third-order valence-electron chi connectivity index (χ3n) is 4.51. The second kappa shape index (κ2) is 6.73. The average molecular weight is 308 g/mol. The zero-order valence-electron chi connectivity index (χ0n) is 13.6. The lowest BCUT2D eigenvalue weighted by Crippen LogP contribution is -2.44. The van der Waals surface area contributed by atoms with Crippen molar-refractivity contribution in [3.63, 3.8) is 0 Å². The predicted molar refractivity (Wildman–Crippen MR) is 88.8 cm³/mol. The Kier molecular flexibility index (Phi) is 4.94. The molecule has 1 aromatic heterocycles. The van der Waals surface area contributed by atoms with Crippen LogP contribution >= 0.6 is 11.3 Å². The first-order valence-corrected chi connectivity index (χ1v) is 9.10. The molecule has 4 nitrogen and oxygen atoms in total. The van der Waals surface area contributed by atoms with Crippen molar-refractivity contribution in [2.45, 2.75) is 39.8 Å². The molecule has 0 spiro atoms. The number of fused-ring (bicyclic) bond motifs is 1. The van der Waals surface area contributed by atoms with E-state index in [1.807, 2.05) is 11.3 Å². The maximum absolute atomic E-state index is 4.97. The van der Waals surface area contributed by atoms with E-state index in [-0.39, 0.29) is 0 Å². The molecule has 0 aliphatic carbocycles. The SMILES string of the molecule is CC(C)CN1CCc2nc(C(C)N3CCNCC3)sc2C1. The quantitative estimate of drug-likeness (QED) is 0.923. The number of hydrogen-bond acceptors (Lipinski definition) is 5. The number of nitrogens with zero attached hydrogens (tertiary/aromatic N) is 3. The molecule has 0 saturated carbocycles. The van der Waals surface area contributed by atoms with Gasteiger partial charge in [0.15, 0.2) is 0 Å². The number of aromatic nitrogens is 1.